The number of unbranched alkanes of at least 4 members (excludes halogenated alkanes) is 1. The van der Waals surface area contributed by atoms with Gasteiger partial charge in [0.25, 0.3) is 0 Å². The Morgan fingerprint density at radius 3 is 2.45 bits per heavy atom. The number of hydrogen-bond donors (Lipinski definition) is 1. The third-order valence-corrected chi connectivity index (χ3v) is 4.50. The van der Waals surface area contributed by atoms with Crippen molar-refractivity contribution >= 4 is 16.0 Å². The highest BCUT2D eigenvalue weighted by Crippen LogP contribution is 2.13. The molecule has 0 spiro atoms. The van der Waals surface area contributed by atoms with Gasteiger partial charge in [0.1, 0.15) is 6.04 Å². The summed E-state index contributed by atoms with van der Waals surface area (Å²) in [6.45, 7) is 3.82. The molecule has 0 aliphatic rings. The highest BCUT2D eigenvalue weighted by molar-refractivity contribution is 7.89. The predicted octanol–water partition coefficient (Wildman–Crippen LogP) is 1.96. The molecule has 0 saturated carbocycles. The predicted molar refractivity (Wildman–Crippen MR) is 81.4 cm³/mol. The zero-order chi connectivity index (χ0) is 16.6. The molecule has 1 rings (SSSR count). The number of esters is 1. The van der Waals surface area contributed by atoms with E-state index in [0.29, 0.717) is 18.4 Å². The topological polar surface area (TPSA) is 96.3 Å². The lowest BCUT2D eigenvalue weighted by molar-refractivity contribution is -0.145. The summed E-state index contributed by atoms with van der Waals surface area (Å²) >= 11 is 0. The number of nitrogens with one attached hydrogen (secondary N) is 1. The number of rotatable bonds is 8. The molecule has 0 bridgehead atoms. The maximum absolute atomic E-state index is 12.3. The van der Waals surface area contributed by atoms with Gasteiger partial charge in [0.05, 0.1) is 23.1 Å². The number of carbonyl (C=O) groups excluding carboxylic acids is 1. The van der Waals surface area contributed by atoms with Crippen molar-refractivity contribution in [2.75, 3.05) is 6.61 Å². The van der Waals surface area contributed by atoms with Crippen LogP contribution in [-0.4, -0.2) is 27.0 Å². The molecule has 1 aromatic rings. The van der Waals surface area contributed by atoms with E-state index in [1.807, 2.05) is 13.0 Å². The van der Waals surface area contributed by atoms with Crippen LogP contribution in [0.25, 0.3) is 0 Å². The van der Waals surface area contributed by atoms with Crippen LogP contribution in [-0.2, 0) is 19.6 Å². The lowest BCUT2D eigenvalue weighted by atomic mass is 10.1. The highest BCUT2D eigenvalue weighted by Gasteiger charge is 2.26. The fraction of sp³-hybridized carbons (Fsp3) is 0.467. The van der Waals surface area contributed by atoms with Gasteiger partial charge >= 0.3 is 5.97 Å². The van der Waals surface area contributed by atoms with Crippen LogP contribution in [0.1, 0.15) is 38.7 Å². The third-order valence-electron chi connectivity index (χ3n) is 3.01. The van der Waals surface area contributed by atoms with E-state index >= 15 is 0 Å². The van der Waals surface area contributed by atoms with Gasteiger partial charge in [0.15, 0.2) is 0 Å². The first-order chi connectivity index (χ1) is 10.4. The Labute approximate surface area is 131 Å². The molecule has 0 saturated heterocycles. The molecule has 0 heterocycles. The van der Waals surface area contributed by atoms with Crippen molar-refractivity contribution in [2.45, 2.75) is 44.0 Å². The molecule has 120 valence electrons. The fourth-order valence-electron chi connectivity index (χ4n) is 1.84. The smallest absolute Gasteiger partial charge is 0.324 e. The van der Waals surface area contributed by atoms with Gasteiger partial charge in [-0.15, -0.1) is 0 Å². The van der Waals surface area contributed by atoms with E-state index in [1.165, 1.54) is 24.3 Å². The molecule has 0 aliphatic carbocycles. The minimum absolute atomic E-state index is 0.0114. The lowest BCUT2D eigenvalue weighted by Gasteiger charge is -2.17. The van der Waals surface area contributed by atoms with Crippen molar-refractivity contribution in [3.63, 3.8) is 0 Å². The Balaban J connectivity index is 2.93. The monoisotopic (exact) mass is 324 g/mol. The molecule has 0 radical (unpaired) electrons. The molecule has 22 heavy (non-hydrogen) atoms. The zero-order valence-electron chi connectivity index (χ0n) is 12.7. The molecule has 1 N–H and O–H groups in total. The van der Waals surface area contributed by atoms with Crippen LogP contribution in [0, 0.1) is 11.3 Å². The summed E-state index contributed by atoms with van der Waals surface area (Å²) in [7, 11) is -3.84. The van der Waals surface area contributed by atoms with Crippen LogP contribution in [0.5, 0.6) is 0 Å². The van der Waals surface area contributed by atoms with Crippen LogP contribution in [0.2, 0.25) is 0 Å². The summed E-state index contributed by atoms with van der Waals surface area (Å²) in [5.74, 6) is -0.576. The zero-order valence-corrected chi connectivity index (χ0v) is 13.5. The summed E-state index contributed by atoms with van der Waals surface area (Å²) in [5, 5.41) is 8.73. The van der Waals surface area contributed by atoms with Crippen LogP contribution in [0.3, 0.4) is 0 Å². The number of carbonyl (C=O) groups is 1. The minimum atomic E-state index is -3.84. The third kappa shape index (κ3) is 5.13. The summed E-state index contributed by atoms with van der Waals surface area (Å²) in [6, 6.07) is 6.52. The van der Waals surface area contributed by atoms with Gasteiger partial charge < -0.3 is 4.74 Å². The van der Waals surface area contributed by atoms with E-state index in [-0.39, 0.29) is 11.5 Å². The SMILES string of the molecule is CCCCC(NS(=O)(=O)c1ccc(C#N)cc1)C(=O)OCC. The second-order valence-electron chi connectivity index (χ2n) is 4.70. The van der Waals surface area contributed by atoms with Gasteiger partial charge in [-0.2, -0.15) is 9.98 Å². The molecule has 0 amide bonds. The number of benzene rings is 1. The van der Waals surface area contributed by atoms with Crippen LogP contribution in [0.15, 0.2) is 29.2 Å². The highest BCUT2D eigenvalue weighted by atomic mass is 32.2. The Morgan fingerprint density at radius 2 is 1.95 bits per heavy atom. The summed E-state index contributed by atoms with van der Waals surface area (Å²) in [5.41, 5.74) is 0.367. The summed E-state index contributed by atoms with van der Waals surface area (Å²) in [4.78, 5) is 11.9. The maximum Gasteiger partial charge on any atom is 0.324 e. The Kier molecular flexibility index (Phi) is 7.02. The molecule has 7 heteroatoms. The number of hydrogen-bond acceptors (Lipinski definition) is 5. The van der Waals surface area contributed by atoms with Crippen molar-refractivity contribution in [3.05, 3.63) is 29.8 Å². The van der Waals surface area contributed by atoms with Crippen LogP contribution >= 0.6 is 0 Å². The average Bonchev–Trinajstić information content (AvgIpc) is 2.51. The maximum atomic E-state index is 12.3. The van der Waals surface area contributed by atoms with Crippen molar-refractivity contribution < 1.29 is 17.9 Å². The molecule has 1 unspecified atom stereocenters. The lowest BCUT2D eigenvalue weighted by Crippen LogP contribution is -2.41. The van der Waals surface area contributed by atoms with Crippen LogP contribution < -0.4 is 4.72 Å². The quantitative estimate of drug-likeness (QED) is 0.737. The van der Waals surface area contributed by atoms with E-state index < -0.39 is 22.0 Å². The number of ether oxygens (including phenoxy) is 1. The second-order valence-corrected chi connectivity index (χ2v) is 6.42. The average molecular weight is 324 g/mol. The van der Waals surface area contributed by atoms with Crippen LogP contribution in [0.4, 0.5) is 0 Å². The van der Waals surface area contributed by atoms with E-state index in [0.717, 1.165) is 6.42 Å². The van der Waals surface area contributed by atoms with Crippen molar-refractivity contribution in [3.8, 4) is 6.07 Å². The minimum Gasteiger partial charge on any atom is -0.465 e. The van der Waals surface area contributed by atoms with Gasteiger partial charge in [-0.1, -0.05) is 19.8 Å². The van der Waals surface area contributed by atoms with Gasteiger partial charge in [0, 0.05) is 0 Å². The largest absolute Gasteiger partial charge is 0.465 e. The van der Waals surface area contributed by atoms with E-state index in [2.05, 4.69) is 4.72 Å². The van der Waals surface area contributed by atoms with Gasteiger partial charge in [-0.25, -0.2) is 8.42 Å². The molecule has 0 aliphatic heterocycles. The molecular formula is C15H20N2O4S. The Morgan fingerprint density at radius 1 is 1.32 bits per heavy atom. The molecule has 1 atom stereocenters. The molecule has 6 nitrogen and oxygen atoms in total. The Bertz CT molecular complexity index is 633. The molecular weight excluding hydrogens is 304 g/mol. The van der Waals surface area contributed by atoms with E-state index in [9.17, 15) is 13.2 Å². The van der Waals surface area contributed by atoms with E-state index in [1.54, 1.807) is 6.92 Å². The number of nitrogens with zero attached hydrogens (tertiary/aromatic N) is 1. The number of nitriles is 1. The first-order valence-electron chi connectivity index (χ1n) is 7.13. The second kappa shape index (κ2) is 8.51. The van der Waals surface area contributed by atoms with Crippen molar-refractivity contribution in [1.29, 1.82) is 5.26 Å². The first-order valence-corrected chi connectivity index (χ1v) is 8.62. The fourth-order valence-corrected chi connectivity index (χ4v) is 3.06. The number of sulfonamides is 1. The van der Waals surface area contributed by atoms with Gasteiger partial charge in [0.2, 0.25) is 10.0 Å². The molecule has 1 aromatic carbocycles. The Hall–Kier alpha value is -1.91. The normalized spacial score (nSPS) is 12.4. The molecule has 0 fully saturated rings. The van der Waals surface area contributed by atoms with Crippen molar-refractivity contribution in [1.82, 2.24) is 4.72 Å². The van der Waals surface area contributed by atoms with Crippen molar-refractivity contribution in [2.24, 2.45) is 0 Å². The van der Waals surface area contributed by atoms with Gasteiger partial charge in [-0.05, 0) is 37.6 Å². The standard InChI is InChI=1S/C15H20N2O4S/c1-3-5-6-14(15(18)21-4-2)17-22(19,20)13-9-7-12(11-16)8-10-13/h7-10,14,17H,3-6H2,1-2H3. The molecule has 0 aromatic heterocycles. The van der Waals surface area contributed by atoms with E-state index in [4.69, 9.17) is 10.00 Å². The first kappa shape index (κ1) is 18.1. The summed E-state index contributed by atoms with van der Waals surface area (Å²) in [6.07, 6.45) is 1.93. The summed E-state index contributed by atoms with van der Waals surface area (Å²) < 4.78 is 31.9. The van der Waals surface area contributed by atoms with Gasteiger partial charge in [-0.3, -0.25) is 4.79 Å².